The molecule has 1 aliphatic rings. The molecular formula is C28H31Cl2N5O2. The summed E-state index contributed by atoms with van der Waals surface area (Å²) in [7, 11) is 0. The Morgan fingerprint density at radius 3 is 2.27 bits per heavy atom. The zero-order valence-corrected chi connectivity index (χ0v) is 22.8. The SMILES string of the molecule is CCC(C)N(CC(=O)N1CCN(c2ccc(-c3ccc(C)cc3)nn2)CC1)C(=O)c1ccc(Cl)cc1Cl. The molecule has 3 aromatic rings. The van der Waals surface area contributed by atoms with E-state index in [1.54, 1.807) is 28.0 Å². The molecule has 2 amide bonds. The van der Waals surface area contributed by atoms with E-state index in [1.165, 1.54) is 5.56 Å². The van der Waals surface area contributed by atoms with Gasteiger partial charge in [0.15, 0.2) is 5.82 Å². The molecule has 1 fully saturated rings. The molecule has 9 heteroatoms. The number of piperazine rings is 1. The maximum atomic E-state index is 13.3. The summed E-state index contributed by atoms with van der Waals surface area (Å²) < 4.78 is 0. The van der Waals surface area contributed by atoms with Gasteiger partial charge in [0.25, 0.3) is 5.91 Å². The number of halogens is 2. The van der Waals surface area contributed by atoms with Gasteiger partial charge in [0.1, 0.15) is 6.54 Å². The molecule has 0 N–H and O–H groups in total. The number of amides is 2. The fourth-order valence-corrected chi connectivity index (χ4v) is 4.76. The van der Waals surface area contributed by atoms with Crippen molar-refractivity contribution in [2.24, 2.45) is 0 Å². The van der Waals surface area contributed by atoms with Gasteiger partial charge in [-0.2, -0.15) is 0 Å². The van der Waals surface area contributed by atoms with Crippen LogP contribution in [0.4, 0.5) is 5.82 Å². The van der Waals surface area contributed by atoms with Gasteiger partial charge in [-0.05, 0) is 50.6 Å². The molecule has 0 spiro atoms. The van der Waals surface area contributed by atoms with Crippen molar-refractivity contribution in [2.75, 3.05) is 37.6 Å². The van der Waals surface area contributed by atoms with Crippen LogP contribution in [-0.2, 0) is 4.79 Å². The van der Waals surface area contributed by atoms with E-state index in [4.69, 9.17) is 23.2 Å². The highest BCUT2D eigenvalue weighted by Gasteiger charge is 2.29. The highest BCUT2D eigenvalue weighted by Crippen LogP contribution is 2.24. The van der Waals surface area contributed by atoms with Gasteiger partial charge in [-0.15, -0.1) is 10.2 Å². The summed E-state index contributed by atoms with van der Waals surface area (Å²) in [5, 5.41) is 9.56. The highest BCUT2D eigenvalue weighted by molar-refractivity contribution is 6.36. The molecule has 0 bridgehead atoms. The van der Waals surface area contributed by atoms with Crippen LogP contribution in [0.25, 0.3) is 11.3 Å². The van der Waals surface area contributed by atoms with Crippen molar-refractivity contribution in [1.82, 2.24) is 20.0 Å². The predicted molar refractivity (Wildman–Crippen MR) is 148 cm³/mol. The van der Waals surface area contributed by atoms with E-state index >= 15 is 0 Å². The van der Waals surface area contributed by atoms with Gasteiger partial charge in [-0.3, -0.25) is 9.59 Å². The summed E-state index contributed by atoms with van der Waals surface area (Å²) in [4.78, 5) is 32.0. The second kappa shape index (κ2) is 11.9. The van der Waals surface area contributed by atoms with Crippen LogP contribution in [0.5, 0.6) is 0 Å². The topological polar surface area (TPSA) is 69.6 Å². The molecule has 2 aromatic carbocycles. The molecule has 37 heavy (non-hydrogen) atoms. The highest BCUT2D eigenvalue weighted by atomic mass is 35.5. The Labute approximate surface area is 228 Å². The largest absolute Gasteiger partial charge is 0.352 e. The van der Waals surface area contributed by atoms with Crippen LogP contribution in [0.15, 0.2) is 54.6 Å². The van der Waals surface area contributed by atoms with E-state index in [0.717, 1.165) is 23.5 Å². The Kier molecular flexibility index (Phi) is 8.67. The fourth-order valence-electron chi connectivity index (χ4n) is 4.27. The third-order valence-corrected chi connectivity index (χ3v) is 7.35. The monoisotopic (exact) mass is 539 g/mol. The van der Waals surface area contributed by atoms with Crippen molar-refractivity contribution in [3.8, 4) is 11.3 Å². The van der Waals surface area contributed by atoms with Gasteiger partial charge in [0.2, 0.25) is 5.91 Å². The smallest absolute Gasteiger partial charge is 0.256 e. The maximum absolute atomic E-state index is 13.3. The Morgan fingerprint density at radius 2 is 1.68 bits per heavy atom. The first-order valence-corrected chi connectivity index (χ1v) is 13.2. The minimum atomic E-state index is -0.271. The van der Waals surface area contributed by atoms with Crippen LogP contribution >= 0.6 is 23.2 Å². The van der Waals surface area contributed by atoms with Crippen LogP contribution in [-0.4, -0.2) is 70.6 Å². The number of carbonyl (C=O) groups is 2. The van der Waals surface area contributed by atoms with Crippen molar-refractivity contribution in [1.29, 1.82) is 0 Å². The standard InChI is InChI=1S/C28H31Cl2N5O2/c1-4-20(3)35(28(37)23-10-9-22(29)17-24(23)30)18-27(36)34-15-13-33(14-16-34)26-12-11-25(31-32-26)21-7-5-19(2)6-8-21/h5-12,17,20H,4,13-16,18H2,1-3H3. The lowest BCUT2D eigenvalue weighted by Gasteiger charge is -2.37. The zero-order chi connectivity index (χ0) is 26.5. The summed E-state index contributed by atoms with van der Waals surface area (Å²) in [6.45, 7) is 8.36. The van der Waals surface area contributed by atoms with E-state index in [1.807, 2.05) is 38.1 Å². The van der Waals surface area contributed by atoms with Crippen molar-refractivity contribution < 1.29 is 9.59 Å². The fraction of sp³-hybridized carbons (Fsp3) is 0.357. The normalized spacial score (nSPS) is 14.4. The molecule has 1 unspecified atom stereocenters. The summed E-state index contributed by atoms with van der Waals surface area (Å²) in [6, 6.07) is 16.8. The number of carbonyl (C=O) groups excluding carboxylic acids is 2. The summed E-state index contributed by atoms with van der Waals surface area (Å²) >= 11 is 12.3. The van der Waals surface area contributed by atoms with Crippen molar-refractivity contribution >= 4 is 40.8 Å². The summed E-state index contributed by atoms with van der Waals surface area (Å²) in [5.41, 5.74) is 3.40. The Hall–Kier alpha value is -3.16. The number of anilines is 1. The lowest BCUT2D eigenvalue weighted by atomic mass is 10.1. The lowest BCUT2D eigenvalue weighted by Crippen LogP contribution is -2.53. The number of hydrogen-bond donors (Lipinski definition) is 0. The first kappa shape index (κ1) is 26.9. The molecule has 1 atom stereocenters. The van der Waals surface area contributed by atoms with Gasteiger partial charge in [-0.1, -0.05) is 60.0 Å². The number of aryl methyl sites for hydroxylation is 1. The summed E-state index contributed by atoms with van der Waals surface area (Å²) in [5.74, 6) is 0.433. The Balaban J connectivity index is 1.37. The Bertz CT molecular complexity index is 1240. The van der Waals surface area contributed by atoms with Crippen LogP contribution in [0.3, 0.4) is 0 Å². The molecule has 1 saturated heterocycles. The number of hydrogen-bond acceptors (Lipinski definition) is 5. The third-order valence-electron chi connectivity index (χ3n) is 6.81. The van der Waals surface area contributed by atoms with E-state index in [9.17, 15) is 9.59 Å². The molecule has 7 nitrogen and oxygen atoms in total. The van der Waals surface area contributed by atoms with E-state index in [-0.39, 0.29) is 29.4 Å². The molecule has 0 saturated carbocycles. The van der Waals surface area contributed by atoms with Crippen LogP contribution < -0.4 is 4.90 Å². The first-order valence-electron chi connectivity index (χ1n) is 12.5. The second-order valence-corrected chi connectivity index (χ2v) is 10.2. The average Bonchev–Trinajstić information content (AvgIpc) is 2.91. The third kappa shape index (κ3) is 6.40. The lowest BCUT2D eigenvalue weighted by molar-refractivity contribution is -0.132. The van der Waals surface area contributed by atoms with Crippen molar-refractivity contribution in [3.05, 3.63) is 75.8 Å². The minimum Gasteiger partial charge on any atom is -0.352 e. The van der Waals surface area contributed by atoms with Gasteiger partial charge < -0.3 is 14.7 Å². The first-order chi connectivity index (χ1) is 17.8. The molecule has 1 aliphatic heterocycles. The van der Waals surface area contributed by atoms with Gasteiger partial charge in [0, 0.05) is 42.8 Å². The van der Waals surface area contributed by atoms with Crippen molar-refractivity contribution in [3.63, 3.8) is 0 Å². The molecule has 1 aromatic heterocycles. The van der Waals surface area contributed by atoms with E-state index in [2.05, 4.69) is 34.2 Å². The molecule has 0 aliphatic carbocycles. The molecule has 194 valence electrons. The van der Waals surface area contributed by atoms with Crippen LogP contribution in [0.2, 0.25) is 10.0 Å². The molecule has 0 radical (unpaired) electrons. The average molecular weight is 540 g/mol. The quantitative estimate of drug-likeness (QED) is 0.404. The maximum Gasteiger partial charge on any atom is 0.256 e. The molecular weight excluding hydrogens is 509 g/mol. The zero-order valence-electron chi connectivity index (χ0n) is 21.3. The molecule has 4 rings (SSSR count). The van der Waals surface area contributed by atoms with Crippen molar-refractivity contribution in [2.45, 2.75) is 33.2 Å². The number of benzene rings is 2. The van der Waals surface area contributed by atoms with E-state index < -0.39 is 0 Å². The van der Waals surface area contributed by atoms with Crippen LogP contribution in [0.1, 0.15) is 36.2 Å². The predicted octanol–water partition coefficient (Wildman–Crippen LogP) is 5.35. The van der Waals surface area contributed by atoms with Gasteiger partial charge in [-0.25, -0.2) is 0 Å². The minimum absolute atomic E-state index is 0.00214. The number of nitrogens with zero attached hydrogens (tertiary/aromatic N) is 5. The number of aromatic nitrogens is 2. The summed E-state index contributed by atoms with van der Waals surface area (Å²) in [6.07, 6.45) is 0.718. The number of rotatable bonds is 7. The Morgan fingerprint density at radius 1 is 0.973 bits per heavy atom. The van der Waals surface area contributed by atoms with Gasteiger partial charge in [0.05, 0.1) is 16.3 Å². The van der Waals surface area contributed by atoms with Crippen LogP contribution in [0, 0.1) is 6.92 Å². The van der Waals surface area contributed by atoms with Gasteiger partial charge >= 0.3 is 0 Å². The second-order valence-electron chi connectivity index (χ2n) is 9.33. The van der Waals surface area contributed by atoms with E-state index in [0.29, 0.717) is 36.8 Å². The molecule has 2 heterocycles.